The highest BCUT2D eigenvalue weighted by molar-refractivity contribution is 5.66. The quantitative estimate of drug-likeness (QED) is 0.782. The van der Waals surface area contributed by atoms with Crippen LogP contribution in [0.25, 0.3) is 5.57 Å². The van der Waals surface area contributed by atoms with Crippen molar-refractivity contribution in [2.24, 2.45) is 0 Å². The third-order valence-electron chi connectivity index (χ3n) is 6.02. The van der Waals surface area contributed by atoms with Crippen LogP contribution in [0.1, 0.15) is 30.4 Å². The number of allylic oxidation sites excluding steroid dienone is 1. The van der Waals surface area contributed by atoms with Crippen molar-refractivity contribution in [3.63, 3.8) is 0 Å². The Morgan fingerprint density at radius 2 is 1.67 bits per heavy atom. The second kappa shape index (κ2) is 8.73. The fraction of sp³-hybridized carbons (Fsp3) is 0.417. The Labute approximate surface area is 163 Å². The van der Waals surface area contributed by atoms with Gasteiger partial charge in [0.1, 0.15) is 5.75 Å². The third kappa shape index (κ3) is 4.60. The number of rotatable bonds is 5. The molecule has 0 bridgehead atoms. The predicted octanol–water partition coefficient (Wildman–Crippen LogP) is 4.45. The summed E-state index contributed by atoms with van der Waals surface area (Å²) >= 11 is 0. The number of benzene rings is 2. The maximum atomic E-state index is 5.27. The van der Waals surface area contributed by atoms with Gasteiger partial charge in [0.15, 0.2) is 0 Å². The Hall–Kier alpha value is -2.10. The van der Waals surface area contributed by atoms with E-state index in [1.54, 1.807) is 7.11 Å². The molecular formula is C24H30N2O. The van der Waals surface area contributed by atoms with Gasteiger partial charge in [0.25, 0.3) is 0 Å². The molecular weight excluding hydrogens is 332 g/mol. The lowest BCUT2D eigenvalue weighted by molar-refractivity contribution is 0.0881. The van der Waals surface area contributed by atoms with Gasteiger partial charge in [-0.1, -0.05) is 48.5 Å². The molecule has 1 aliphatic heterocycles. The predicted molar refractivity (Wildman–Crippen MR) is 112 cm³/mol. The van der Waals surface area contributed by atoms with Crippen LogP contribution in [-0.4, -0.2) is 49.1 Å². The summed E-state index contributed by atoms with van der Waals surface area (Å²) in [5.41, 5.74) is 4.27. The first-order valence-corrected chi connectivity index (χ1v) is 10.2. The van der Waals surface area contributed by atoms with Crippen molar-refractivity contribution in [1.82, 2.24) is 9.80 Å². The number of hydrogen-bond acceptors (Lipinski definition) is 3. The van der Waals surface area contributed by atoms with Gasteiger partial charge in [-0.3, -0.25) is 9.80 Å². The SMILES string of the molecule is COc1ccc(C2=CCC(N3CCN(Cc4ccccc4)CC3)CC2)cc1. The number of nitrogens with zero attached hydrogens (tertiary/aromatic N) is 2. The Bertz CT molecular complexity index is 746. The van der Waals surface area contributed by atoms with Gasteiger partial charge in [0.2, 0.25) is 0 Å². The van der Waals surface area contributed by atoms with Crippen molar-refractivity contribution < 1.29 is 4.74 Å². The average molecular weight is 363 g/mol. The van der Waals surface area contributed by atoms with Gasteiger partial charge in [-0.25, -0.2) is 0 Å². The van der Waals surface area contributed by atoms with Crippen molar-refractivity contribution in [1.29, 1.82) is 0 Å². The van der Waals surface area contributed by atoms with Crippen LogP contribution in [0.3, 0.4) is 0 Å². The van der Waals surface area contributed by atoms with E-state index in [9.17, 15) is 0 Å². The second-order valence-corrected chi connectivity index (χ2v) is 7.68. The molecule has 27 heavy (non-hydrogen) atoms. The monoisotopic (exact) mass is 362 g/mol. The first-order chi connectivity index (χ1) is 13.3. The van der Waals surface area contributed by atoms with E-state index in [0.717, 1.165) is 12.3 Å². The zero-order valence-corrected chi connectivity index (χ0v) is 16.3. The molecule has 2 aromatic rings. The molecule has 142 valence electrons. The lowest BCUT2D eigenvalue weighted by Gasteiger charge is -2.40. The van der Waals surface area contributed by atoms with Gasteiger partial charge in [0.05, 0.1) is 7.11 Å². The molecule has 0 amide bonds. The van der Waals surface area contributed by atoms with Crippen LogP contribution in [0.2, 0.25) is 0 Å². The minimum absolute atomic E-state index is 0.714. The maximum absolute atomic E-state index is 5.27. The Kier molecular flexibility index (Phi) is 5.90. The lowest BCUT2D eigenvalue weighted by Crippen LogP contribution is -2.50. The van der Waals surface area contributed by atoms with Gasteiger partial charge in [0, 0.05) is 38.8 Å². The number of piperazine rings is 1. The minimum Gasteiger partial charge on any atom is -0.497 e. The Morgan fingerprint density at radius 1 is 0.926 bits per heavy atom. The van der Waals surface area contributed by atoms with Crippen LogP contribution < -0.4 is 4.74 Å². The highest BCUT2D eigenvalue weighted by atomic mass is 16.5. The molecule has 3 heteroatoms. The van der Waals surface area contributed by atoms with E-state index in [1.165, 1.54) is 62.1 Å². The first kappa shape index (κ1) is 18.3. The van der Waals surface area contributed by atoms with Gasteiger partial charge < -0.3 is 4.74 Å². The van der Waals surface area contributed by atoms with E-state index in [0.29, 0.717) is 6.04 Å². The van der Waals surface area contributed by atoms with Crippen LogP contribution in [-0.2, 0) is 6.54 Å². The van der Waals surface area contributed by atoms with Crippen LogP contribution >= 0.6 is 0 Å². The van der Waals surface area contributed by atoms with E-state index < -0.39 is 0 Å². The summed E-state index contributed by atoms with van der Waals surface area (Å²) < 4.78 is 5.27. The normalized spacial score (nSPS) is 21.7. The number of ether oxygens (including phenoxy) is 1. The van der Waals surface area contributed by atoms with Gasteiger partial charge in [-0.15, -0.1) is 0 Å². The number of methoxy groups -OCH3 is 1. The second-order valence-electron chi connectivity index (χ2n) is 7.68. The molecule has 1 fully saturated rings. The van der Waals surface area contributed by atoms with E-state index in [4.69, 9.17) is 4.74 Å². The molecule has 1 saturated heterocycles. The van der Waals surface area contributed by atoms with Gasteiger partial charge >= 0.3 is 0 Å². The van der Waals surface area contributed by atoms with Crippen molar-refractivity contribution in [2.45, 2.75) is 31.8 Å². The minimum atomic E-state index is 0.714. The van der Waals surface area contributed by atoms with Crippen LogP contribution in [0, 0.1) is 0 Å². The van der Waals surface area contributed by atoms with Crippen molar-refractivity contribution >= 4 is 5.57 Å². The molecule has 0 spiro atoms. The summed E-state index contributed by atoms with van der Waals surface area (Å²) in [7, 11) is 1.72. The summed E-state index contributed by atoms with van der Waals surface area (Å²) in [5.74, 6) is 0.932. The molecule has 0 saturated carbocycles. The fourth-order valence-corrected chi connectivity index (χ4v) is 4.35. The van der Waals surface area contributed by atoms with Crippen molar-refractivity contribution in [3.8, 4) is 5.75 Å². The first-order valence-electron chi connectivity index (χ1n) is 10.2. The molecule has 4 rings (SSSR count). The molecule has 1 aliphatic carbocycles. The molecule has 0 radical (unpaired) electrons. The molecule has 2 aliphatic rings. The van der Waals surface area contributed by atoms with Crippen molar-refractivity contribution in [2.75, 3.05) is 33.3 Å². The van der Waals surface area contributed by atoms with E-state index >= 15 is 0 Å². The lowest BCUT2D eigenvalue weighted by atomic mass is 9.89. The third-order valence-corrected chi connectivity index (χ3v) is 6.02. The molecule has 1 atom stereocenters. The average Bonchev–Trinajstić information content (AvgIpc) is 2.75. The Morgan fingerprint density at radius 3 is 2.30 bits per heavy atom. The highest BCUT2D eigenvalue weighted by Gasteiger charge is 2.25. The van der Waals surface area contributed by atoms with E-state index in [2.05, 4.69) is 70.5 Å². The summed E-state index contributed by atoms with van der Waals surface area (Å²) in [5, 5.41) is 0. The molecule has 3 nitrogen and oxygen atoms in total. The fourth-order valence-electron chi connectivity index (χ4n) is 4.35. The Balaban J connectivity index is 1.28. The van der Waals surface area contributed by atoms with Gasteiger partial charge in [-0.05, 0) is 48.1 Å². The van der Waals surface area contributed by atoms with Gasteiger partial charge in [-0.2, -0.15) is 0 Å². The largest absolute Gasteiger partial charge is 0.497 e. The number of hydrogen-bond donors (Lipinski definition) is 0. The van der Waals surface area contributed by atoms with E-state index in [-0.39, 0.29) is 0 Å². The summed E-state index contributed by atoms with van der Waals surface area (Å²) in [4.78, 5) is 5.30. The van der Waals surface area contributed by atoms with Crippen molar-refractivity contribution in [3.05, 3.63) is 71.8 Å². The standard InChI is InChI=1S/C24H30N2O/c1-27-24-13-9-22(10-14-24)21-7-11-23(12-8-21)26-17-15-25(16-18-26)19-20-5-3-2-4-6-20/h2-7,9-10,13-14,23H,8,11-12,15-19H2,1H3. The maximum Gasteiger partial charge on any atom is 0.118 e. The van der Waals surface area contributed by atoms with E-state index in [1.807, 2.05) is 0 Å². The smallest absolute Gasteiger partial charge is 0.118 e. The molecule has 0 N–H and O–H groups in total. The van der Waals surface area contributed by atoms with Crippen LogP contribution in [0.15, 0.2) is 60.7 Å². The zero-order valence-electron chi connectivity index (χ0n) is 16.3. The highest BCUT2D eigenvalue weighted by Crippen LogP contribution is 2.30. The molecule has 0 aromatic heterocycles. The summed E-state index contributed by atoms with van der Waals surface area (Å²) in [6, 6.07) is 20.1. The topological polar surface area (TPSA) is 15.7 Å². The molecule has 1 unspecified atom stereocenters. The molecule has 2 aromatic carbocycles. The van der Waals surface area contributed by atoms with Crippen LogP contribution in [0.5, 0.6) is 5.75 Å². The summed E-state index contributed by atoms with van der Waals surface area (Å²) in [6.07, 6.45) is 6.10. The zero-order chi connectivity index (χ0) is 18.5. The molecule has 1 heterocycles. The van der Waals surface area contributed by atoms with Crippen LogP contribution in [0.4, 0.5) is 0 Å². The summed E-state index contributed by atoms with van der Waals surface area (Å²) in [6.45, 7) is 5.84.